The van der Waals surface area contributed by atoms with Crippen LogP contribution < -0.4 is 10.6 Å². The Balaban J connectivity index is 3.01. The average Bonchev–Trinajstić information content (AvgIpc) is 2.44. The topological polar surface area (TPSA) is 41.1 Å². The van der Waals surface area contributed by atoms with E-state index in [1.165, 1.54) is 70.6 Å². The van der Waals surface area contributed by atoms with Crippen molar-refractivity contribution in [1.82, 2.24) is 10.6 Å². The van der Waals surface area contributed by atoms with E-state index in [9.17, 15) is 4.79 Å². The number of amides is 1. The molecule has 0 aliphatic heterocycles. The SMILES string of the molecule is CCCCCCCCCCCCCCNC(=O)CNC. The van der Waals surface area contributed by atoms with Gasteiger partial charge >= 0.3 is 0 Å². The molecule has 0 saturated carbocycles. The lowest BCUT2D eigenvalue weighted by molar-refractivity contribution is -0.120. The Hall–Kier alpha value is -0.570. The van der Waals surface area contributed by atoms with Crippen molar-refractivity contribution >= 4 is 5.91 Å². The van der Waals surface area contributed by atoms with Crippen LogP contribution in [0, 0.1) is 0 Å². The molecule has 0 radical (unpaired) electrons. The van der Waals surface area contributed by atoms with Gasteiger partial charge in [0.05, 0.1) is 6.54 Å². The van der Waals surface area contributed by atoms with Crippen LogP contribution in [0.4, 0.5) is 0 Å². The Bertz CT molecular complexity index is 207. The van der Waals surface area contributed by atoms with Crippen molar-refractivity contribution in [2.75, 3.05) is 20.1 Å². The highest BCUT2D eigenvalue weighted by molar-refractivity contribution is 5.77. The first kappa shape index (κ1) is 19.4. The van der Waals surface area contributed by atoms with E-state index in [0.717, 1.165) is 13.0 Å². The van der Waals surface area contributed by atoms with Gasteiger partial charge in [0.15, 0.2) is 0 Å². The van der Waals surface area contributed by atoms with E-state index in [1.807, 2.05) is 0 Å². The Morgan fingerprint density at radius 3 is 1.65 bits per heavy atom. The molecule has 3 nitrogen and oxygen atoms in total. The van der Waals surface area contributed by atoms with Crippen LogP contribution in [-0.4, -0.2) is 26.0 Å². The van der Waals surface area contributed by atoms with Crippen LogP contribution in [0.2, 0.25) is 0 Å². The van der Waals surface area contributed by atoms with E-state index >= 15 is 0 Å². The number of carbonyl (C=O) groups excluding carboxylic acids is 1. The third-order valence-corrected chi connectivity index (χ3v) is 3.69. The number of carbonyl (C=O) groups is 1. The zero-order chi connectivity index (χ0) is 14.9. The first-order valence-electron chi connectivity index (χ1n) is 8.72. The van der Waals surface area contributed by atoms with Crippen molar-refractivity contribution in [2.24, 2.45) is 0 Å². The third kappa shape index (κ3) is 15.5. The van der Waals surface area contributed by atoms with Crippen LogP contribution in [0.25, 0.3) is 0 Å². The lowest BCUT2D eigenvalue weighted by Crippen LogP contribution is -2.32. The third-order valence-electron chi connectivity index (χ3n) is 3.69. The molecule has 0 rings (SSSR count). The summed E-state index contributed by atoms with van der Waals surface area (Å²) in [6.45, 7) is 3.53. The number of hydrogen-bond donors (Lipinski definition) is 2. The van der Waals surface area contributed by atoms with Crippen LogP contribution in [0.1, 0.15) is 84.0 Å². The summed E-state index contributed by atoms with van der Waals surface area (Å²) < 4.78 is 0. The van der Waals surface area contributed by atoms with Crippen LogP contribution in [-0.2, 0) is 4.79 Å². The predicted molar refractivity (Wildman–Crippen MR) is 88.0 cm³/mol. The standard InChI is InChI=1S/C17H36N2O/c1-3-4-5-6-7-8-9-10-11-12-13-14-15-19-17(20)16-18-2/h18H,3-16H2,1-2H3,(H,19,20). The minimum absolute atomic E-state index is 0.107. The monoisotopic (exact) mass is 284 g/mol. The summed E-state index contributed by atoms with van der Waals surface area (Å²) in [4.78, 5) is 11.2. The molecule has 0 saturated heterocycles. The molecule has 0 aromatic carbocycles. The predicted octanol–water partition coefficient (Wildman–Crippen LogP) is 4.02. The van der Waals surface area contributed by atoms with Crippen molar-refractivity contribution in [2.45, 2.75) is 84.0 Å². The second-order valence-corrected chi connectivity index (χ2v) is 5.77. The molecule has 2 N–H and O–H groups in total. The summed E-state index contributed by atoms with van der Waals surface area (Å²) >= 11 is 0. The van der Waals surface area contributed by atoms with Crippen molar-refractivity contribution in [3.8, 4) is 0 Å². The highest BCUT2D eigenvalue weighted by Crippen LogP contribution is 2.11. The molecular formula is C17H36N2O. The summed E-state index contributed by atoms with van der Waals surface area (Å²) in [5, 5.41) is 5.77. The number of likely N-dealkylation sites (N-methyl/N-ethyl adjacent to an activating group) is 1. The van der Waals surface area contributed by atoms with Gasteiger partial charge in [0.1, 0.15) is 0 Å². The second kappa shape index (κ2) is 16.5. The van der Waals surface area contributed by atoms with Crippen molar-refractivity contribution in [3.63, 3.8) is 0 Å². The molecule has 0 aliphatic rings. The number of rotatable bonds is 15. The van der Waals surface area contributed by atoms with Gasteiger partial charge in [0.25, 0.3) is 0 Å². The van der Waals surface area contributed by atoms with Gasteiger partial charge < -0.3 is 10.6 Å². The maximum Gasteiger partial charge on any atom is 0.233 e. The summed E-state index contributed by atoms with van der Waals surface area (Å²) in [7, 11) is 1.80. The van der Waals surface area contributed by atoms with Crippen molar-refractivity contribution in [3.05, 3.63) is 0 Å². The molecule has 0 aromatic heterocycles. The molecule has 0 unspecified atom stereocenters. The highest BCUT2D eigenvalue weighted by Gasteiger charge is 1.97. The molecule has 3 heteroatoms. The molecule has 0 spiro atoms. The quantitative estimate of drug-likeness (QED) is 0.446. The molecule has 0 bridgehead atoms. The molecule has 0 atom stereocenters. The Morgan fingerprint density at radius 1 is 0.750 bits per heavy atom. The summed E-state index contributed by atoms with van der Waals surface area (Å²) in [6, 6.07) is 0. The van der Waals surface area contributed by atoms with E-state index in [4.69, 9.17) is 0 Å². The number of unbranched alkanes of at least 4 members (excludes halogenated alkanes) is 11. The first-order valence-corrected chi connectivity index (χ1v) is 8.72. The first-order chi connectivity index (χ1) is 9.81. The van der Waals surface area contributed by atoms with E-state index in [-0.39, 0.29) is 5.91 Å². The van der Waals surface area contributed by atoms with Gasteiger partial charge in [-0.2, -0.15) is 0 Å². The molecule has 0 aromatic rings. The molecule has 0 heterocycles. The number of hydrogen-bond acceptors (Lipinski definition) is 2. The van der Waals surface area contributed by atoms with E-state index < -0.39 is 0 Å². The normalized spacial score (nSPS) is 10.7. The molecular weight excluding hydrogens is 248 g/mol. The smallest absolute Gasteiger partial charge is 0.233 e. The summed E-state index contributed by atoms with van der Waals surface area (Å²) in [6.07, 6.45) is 16.3. The van der Waals surface area contributed by atoms with Crippen molar-refractivity contribution < 1.29 is 4.79 Å². The Kier molecular flexibility index (Phi) is 16.0. The van der Waals surface area contributed by atoms with Crippen molar-refractivity contribution in [1.29, 1.82) is 0 Å². The van der Waals surface area contributed by atoms with Gasteiger partial charge in [0.2, 0.25) is 5.91 Å². The maximum atomic E-state index is 11.2. The highest BCUT2D eigenvalue weighted by atomic mass is 16.1. The van der Waals surface area contributed by atoms with E-state index in [0.29, 0.717) is 6.54 Å². The Morgan fingerprint density at radius 2 is 1.20 bits per heavy atom. The molecule has 120 valence electrons. The van der Waals surface area contributed by atoms with Gasteiger partial charge in [-0.3, -0.25) is 4.79 Å². The Labute approximate surface area is 126 Å². The van der Waals surface area contributed by atoms with Gasteiger partial charge in [-0.15, -0.1) is 0 Å². The second-order valence-electron chi connectivity index (χ2n) is 5.77. The van der Waals surface area contributed by atoms with Crippen LogP contribution in [0.5, 0.6) is 0 Å². The van der Waals surface area contributed by atoms with Crippen LogP contribution in [0.15, 0.2) is 0 Å². The maximum absolute atomic E-state index is 11.2. The zero-order valence-corrected chi connectivity index (χ0v) is 13.8. The van der Waals surface area contributed by atoms with Gasteiger partial charge in [-0.1, -0.05) is 77.6 Å². The minimum Gasteiger partial charge on any atom is -0.355 e. The fraction of sp³-hybridized carbons (Fsp3) is 0.941. The summed E-state index contributed by atoms with van der Waals surface area (Å²) in [5.74, 6) is 0.107. The van der Waals surface area contributed by atoms with Crippen LogP contribution in [0.3, 0.4) is 0 Å². The lowest BCUT2D eigenvalue weighted by Gasteiger charge is -2.05. The summed E-state index contributed by atoms with van der Waals surface area (Å²) in [5.41, 5.74) is 0. The number of nitrogens with one attached hydrogen (secondary N) is 2. The fourth-order valence-corrected chi connectivity index (χ4v) is 2.42. The largest absolute Gasteiger partial charge is 0.355 e. The minimum atomic E-state index is 0.107. The lowest BCUT2D eigenvalue weighted by atomic mass is 10.1. The van der Waals surface area contributed by atoms with Gasteiger partial charge in [0, 0.05) is 6.54 Å². The molecule has 0 fully saturated rings. The van der Waals surface area contributed by atoms with Crippen LogP contribution >= 0.6 is 0 Å². The average molecular weight is 284 g/mol. The molecule has 0 aliphatic carbocycles. The van der Waals surface area contributed by atoms with Gasteiger partial charge in [-0.25, -0.2) is 0 Å². The van der Waals surface area contributed by atoms with E-state index in [2.05, 4.69) is 17.6 Å². The van der Waals surface area contributed by atoms with E-state index in [1.54, 1.807) is 7.05 Å². The zero-order valence-electron chi connectivity index (χ0n) is 13.8. The van der Waals surface area contributed by atoms with Gasteiger partial charge in [-0.05, 0) is 13.5 Å². The molecule has 1 amide bonds. The molecule has 20 heavy (non-hydrogen) atoms. The fourth-order valence-electron chi connectivity index (χ4n) is 2.42.